The number of rotatable bonds is 7. The van der Waals surface area contributed by atoms with Gasteiger partial charge in [0.2, 0.25) is 0 Å². The van der Waals surface area contributed by atoms with Gasteiger partial charge in [0, 0.05) is 24.3 Å². The smallest absolute Gasteiger partial charge is 0.251 e. The Bertz CT molecular complexity index is 393. The minimum atomic E-state index is -0.00957. The second-order valence-corrected chi connectivity index (χ2v) is 5.15. The molecule has 1 amide bonds. The van der Waals surface area contributed by atoms with Gasteiger partial charge in [-0.25, -0.2) is 0 Å². The van der Waals surface area contributed by atoms with E-state index in [9.17, 15) is 4.79 Å². The predicted octanol–water partition coefficient (Wildman–Crippen LogP) is 2.91. The van der Waals surface area contributed by atoms with Crippen molar-refractivity contribution in [1.29, 1.82) is 0 Å². The maximum Gasteiger partial charge on any atom is 0.251 e. The molecule has 0 saturated heterocycles. The van der Waals surface area contributed by atoms with E-state index in [0.717, 1.165) is 30.0 Å². The molecule has 2 N–H and O–H groups in total. The summed E-state index contributed by atoms with van der Waals surface area (Å²) in [5.74, 6) is 1.15. The van der Waals surface area contributed by atoms with Gasteiger partial charge in [0.1, 0.15) is 0 Å². The molecule has 0 aliphatic carbocycles. The van der Waals surface area contributed by atoms with Gasteiger partial charge in [0.05, 0.1) is 0 Å². The maximum absolute atomic E-state index is 11.7. The monoisotopic (exact) mass is 266 g/mol. The van der Waals surface area contributed by atoms with Crippen molar-refractivity contribution in [2.75, 3.05) is 30.4 Å². The van der Waals surface area contributed by atoms with Gasteiger partial charge in [0.25, 0.3) is 5.91 Å². The van der Waals surface area contributed by atoms with Crippen LogP contribution in [0.25, 0.3) is 0 Å². The molecule has 0 atom stereocenters. The molecule has 3 nitrogen and oxygen atoms in total. The zero-order chi connectivity index (χ0) is 13.4. The number of benzene rings is 1. The number of carbonyl (C=O) groups is 1. The predicted molar refractivity (Wildman–Crippen MR) is 80.7 cm³/mol. The summed E-state index contributed by atoms with van der Waals surface area (Å²) in [6, 6.07) is 5.79. The molecule has 4 heteroatoms. The second kappa shape index (κ2) is 8.03. The fourth-order valence-electron chi connectivity index (χ4n) is 1.66. The van der Waals surface area contributed by atoms with E-state index in [0.29, 0.717) is 6.54 Å². The summed E-state index contributed by atoms with van der Waals surface area (Å²) < 4.78 is 0. The highest BCUT2D eigenvalue weighted by Gasteiger charge is 2.06. The first-order chi connectivity index (χ1) is 8.69. The number of amides is 1. The molecule has 0 unspecified atom stereocenters. The van der Waals surface area contributed by atoms with Gasteiger partial charge in [-0.05, 0) is 50.0 Å². The maximum atomic E-state index is 11.7. The van der Waals surface area contributed by atoms with Gasteiger partial charge < -0.3 is 10.6 Å². The summed E-state index contributed by atoms with van der Waals surface area (Å²) in [6.45, 7) is 5.58. The van der Waals surface area contributed by atoms with Gasteiger partial charge in [-0.2, -0.15) is 11.8 Å². The van der Waals surface area contributed by atoms with Crippen molar-refractivity contribution in [2.24, 2.45) is 0 Å². The third-order valence-corrected chi connectivity index (χ3v) is 3.37. The van der Waals surface area contributed by atoms with E-state index in [1.165, 1.54) is 5.56 Å². The van der Waals surface area contributed by atoms with Gasteiger partial charge in [-0.15, -0.1) is 0 Å². The lowest BCUT2D eigenvalue weighted by Gasteiger charge is -2.11. The summed E-state index contributed by atoms with van der Waals surface area (Å²) in [7, 11) is 0. The largest absolute Gasteiger partial charge is 0.385 e. The van der Waals surface area contributed by atoms with E-state index in [1.807, 2.05) is 36.9 Å². The van der Waals surface area contributed by atoms with Crippen LogP contribution in [0.5, 0.6) is 0 Å². The normalized spacial score (nSPS) is 10.2. The molecule has 0 radical (unpaired) electrons. The van der Waals surface area contributed by atoms with Crippen LogP contribution in [0, 0.1) is 6.92 Å². The molecule has 0 aliphatic rings. The van der Waals surface area contributed by atoms with E-state index in [1.54, 1.807) is 0 Å². The van der Waals surface area contributed by atoms with Crippen molar-refractivity contribution >= 4 is 23.4 Å². The third-order valence-electron chi connectivity index (χ3n) is 2.68. The lowest BCUT2D eigenvalue weighted by molar-refractivity contribution is 0.0956. The van der Waals surface area contributed by atoms with Crippen LogP contribution in [0.1, 0.15) is 29.3 Å². The summed E-state index contributed by atoms with van der Waals surface area (Å²) >= 11 is 1.85. The number of hydrogen-bond acceptors (Lipinski definition) is 3. The summed E-state index contributed by atoms with van der Waals surface area (Å²) in [6.07, 6.45) is 3.24. The molecule has 0 fully saturated rings. The van der Waals surface area contributed by atoms with Crippen LogP contribution < -0.4 is 10.6 Å². The molecular weight excluding hydrogens is 244 g/mol. The van der Waals surface area contributed by atoms with Gasteiger partial charge >= 0.3 is 0 Å². The number of carbonyl (C=O) groups excluding carboxylic acids is 1. The molecule has 1 aromatic carbocycles. The molecule has 0 spiro atoms. The van der Waals surface area contributed by atoms with Crippen LogP contribution in [0.15, 0.2) is 18.2 Å². The van der Waals surface area contributed by atoms with E-state index >= 15 is 0 Å². The first kappa shape index (κ1) is 14.9. The molecular formula is C14H22N2OS. The highest BCUT2D eigenvalue weighted by Crippen LogP contribution is 2.17. The van der Waals surface area contributed by atoms with E-state index in [-0.39, 0.29) is 5.91 Å². The van der Waals surface area contributed by atoms with Crippen molar-refractivity contribution in [3.8, 4) is 0 Å². The Hall–Kier alpha value is -1.16. The lowest BCUT2D eigenvalue weighted by atomic mass is 10.1. The number of anilines is 1. The van der Waals surface area contributed by atoms with Crippen molar-refractivity contribution in [3.05, 3.63) is 29.3 Å². The molecule has 0 aromatic heterocycles. The van der Waals surface area contributed by atoms with Crippen molar-refractivity contribution in [3.63, 3.8) is 0 Å². The number of thioether (sulfide) groups is 1. The number of nitrogens with one attached hydrogen (secondary N) is 2. The van der Waals surface area contributed by atoms with Crippen LogP contribution in [0.3, 0.4) is 0 Å². The van der Waals surface area contributed by atoms with E-state index in [2.05, 4.69) is 23.8 Å². The topological polar surface area (TPSA) is 41.1 Å². The van der Waals surface area contributed by atoms with E-state index in [4.69, 9.17) is 0 Å². The molecule has 0 bridgehead atoms. The number of hydrogen-bond donors (Lipinski definition) is 2. The Balaban J connectivity index is 2.66. The van der Waals surface area contributed by atoms with Crippen molar-refractivity contribution in [2.45, 2.75) is 20.3 Å². The van der Waals surface area contributed by atoms with Crippen LogP contribution in [0.4, 0.5) is 5.69 Å². The Morgan fingerprint density at radius 2 is 2.17 bits per heavy atom. The fraction of sp³-hybridized carbons (Fsp3) is 0.500. The van der Waals surface area contributed by atoms with E-state index < -0.39 is 0 Å². The average Bonchev–Trinajstić information content (AvgIpc) is 2.37. The molecule has 0 heterocycles. The number of aryl methyl sites for hydroxylation is 1. The first-order valence-corrected chi connectivity index (χ1v) is 7.70. The summed E-state index contributed by atoms with van der Waals surface area (Å²) in [5.41, 5.74) is 2.95. The van der Waals surface area contributed by atoms with Gasteiger partial charge in [-0.1, -0.05) is 6.07 Å². The quantitative estimate of drug-likeness (QED) is 0.746. The molecule has 100 valence electrons. The summed E-state index contributed by atoms with van der Waals surface area (Å²) in [4.78, 5) is 11.7. The average molecular weight is 266 g/mol. The third kappa shape index (κ3) is 4.61. The molecule has 0 aliphatic heterocycles. The van der Waals surface area contributed by atoms with Crippen LogP contribution in [0.2, 0.25) is 0 Å². The SMILES string of the molecule is CCNC(=O)c1ccc(C)c(NCCCSC)c1. The molecule has 0 saturated carbocycles. The van der Waals surface area contributed by atoms with Crippen molar-refractivity contribution in [1.82, 2.24) is 5.32 Å². The highest BCUT2D eigenvalue weighted by molar-refractivity contribution is 7.98. The zero-order valence-corrected chi connectivity index (χ0v) is 12.2. The highest BCUT2D eigenvalue weighted by atomic mass is 32.2. The summed E-state index contributed by atoms with van der Waals surface area (Å²) in [5, 5.41) is 6.21. The van der Waals surface area contributed by atoms with Crippen LogP contribution in [-0.4, -0.2) is 31.0 Å². The Labute approximate surface area is 114 Å². The lowest BCUT2D eigenvalue weighted by Crippen LogP contribution is -2.22. The standard InChI is InChI=1S/C14H22N2OS/c1-4-15-14(17)12-7-6-11(2)13(10-12)16-8-5-9-18-3/h6-7,10,16H,4-5,8-9H2,1-3H3,(H,15,17). The molecule has 1 rings (SSSR count). The molecule has 18 heavy (non-hydrogen) atoms. The van der Waals surface area contributed by atoms with Crippen LogP contribution >= 0.6 is 11.8 Å². The fourth-order valence-corrected chi connectivity index (χ4v) is 2.09. The Morgan fingerprint density at radius 3 is 2.83 bits per heavy atom. The van der Waals surface area contributed by atoms with Crippen LogP contribution in [-0.2, 0) is 0 Å². The Kier molecular flexibility index (Phi) is 6.65. The first-order valence-electron chi connectivity index (χ1n) is 6.30. The minimum Gasteiger partial charge on any atom is -0.385 e. The second-order valence-electron chi connectivity index (χ2n) is 4.16. The molecule has 1 aromatic rings. The van der Waals surface area contributed by atoms with Gasteiger partial charge in [0.15, 0.2) is 0 Å². The Morgan fingerprint density at radius 1 is 1.39 bits per heavy atom. The zero-order valence-electron chi connectivity index (χ0n) is 11.4. The minimum absolute atomic E-state index is 0.00957. The van der Waals surface area contributed by atoms with Gasteiger partial charge in [-0.3, -0.25) is 4.79 Å². The van der Waals surface area contributed by atoms with Crippen molar-refractivity contribution < 1.29 is 4.79 Å².